The van der Waals surface area contributed by atoms with Gasteiger partial charge in [-0.1, -0.05) is 13.8 Å². The van der Waals surface area contributed by atoms with E-state index in [2.05, 4.69) is 5.32 Å². The maximum atomic E-state index is 11.1. The molecule has 0 spiro atoms. The summed E-state index contributed by atoms with van der Waals surface area (Å²) in [5, 5.41) is 12.2. The fraction of sp³-hybridized carbons (Fsp3) is 0.875. The van der Waals surface area contributed by atoms with Crippen LogP contribution in [0.15, 0.2) is 0 Å². The van der Waals surface area contributed by atoms with E-state index in [1.165, 1.54) is 0 Å². The summed E-state index contributed by atoms with van der Waals surface area (Å²) < 4.78 is 4.83. The van der Waals surface area contributed by atoms with Crippen molar-refractivity contribution in [3.8, 4) is 0 Å². The van der Waals surface area contributed by atoms with Crippen LogP contribution in [0.1, 0.15) is 13.8 Å². The Labute approximate surface area is 71.9 Å². The Balaban J connectivity index is 2.21. The van der Waals surface area contributed by atoms with Gasteiger partial charge in [-0.25, -0.2) is 0 Å². The second-order valence-electron chi connectivity index (χ2n) is 3.59. The average molecular weight is 173 g/mol. The predicted molar refractivity (Wildman–Crippen MR) is 43.6 cm³/mol. The SMILES string of the molecule is CC(C)C(=O)NCC1(O)COC1. The number of carbonyl (C=O) groups excluding carboxylic acids is 1. The van der Waals surface area contributed by atoms with E-state index in [1.807, 2.05) is 13.8 Å². The Morgan fingerprint density at radius 1 is 1.67 bits per heavy atom. The van der Waals surface area contributed by atoms with Gasteiger partial charge in [0.15, 0.2) is 0 Å². The third-order valence-electron chi connectivity index (χ3n) is 1.86. The van der Waals surface area contributed by atoms with Gasteiger partial charge < -0.3 is 15.2 Å². The van der Waals surface area contributed by atoms with Gasteiger partial charge in [-0.05, 0) is 0 Å². The first-order valence-electron chi connectivity index (χ1n) is 4.11. The first-order chi connectivity index (χ1) is 5.53. The molecule has 0 unspecified atom stereocenters. The number of carbonyl (C=O) groups is 1. The molecule has 1 aliphatic heterocycles. The molecule has 1 heterocycles. The Bertz CT molecular complexity index is 175. The minimum absolute atomic E-state index is 0.0321. The van der Waals surface area contributed by atoms with Crippen LogP contribution in [0.25, 0.3) is 0 Å². The number of hydrogen-bond donors (Lipinski definition) is 2. The smallest absolute Gasteiger partial charge is 0.222 e. The Morgan fingerprint density at radius 3 is 2.58 bits per heavy atom. The van der Waals surface area contributed by atoms with Crippen molar-refractivity contribution >= 4 is 5.91 Å². The lowest BCUT2D eigenvalue weighted by molar-refractivity contribution is -0.176. The van der Waals surface area contributed by atoms with Crippen molar-refractivity contribution in [2.75, 3.05) is 19.8 Å². The first-order valence-corrected chi connectivity index (χ1v) is 4.11. The van der Waals surface area contributed by atoms with E-state index in [4.69, 9.17) is 4.74 Å². The summed E-state index contributed by atoms with van der Waals surface area (Å²) in [6.45, 7) is 4.58. The highest BCUT2D eigenvalue weighted by atomic mass is 16.5. The van der Waals surface area contributed by atoms with Crippen LogP contribution in [0, 0.1) is 5.92 Å². The highest BCUT2D eigenvalue weighted by Crippen LogP contribution is 2.14. The normalized spacial score (nSPS) is 20.3. The Morgan fingerprint density at radius 2 is 2.25 bits per heavy atom. The minimum atomic E-state index is -0.815. The predicted octanol–water partition coefficient (Wildman–Crippen LogP) is -0.480. The number of nitrogens with one attached hydrogen (secondary N) is 1. The topological polar surface area (TPSA) is 58.6 Å². The van der Waals surface area contributed by atoms with E-state index in [0.717, 1.165) is 0 Å². The van der Waals surface area contributed by atoms with Gasteiger partial charge in [-0.15, -0.1) is 0 Å². The number of aliphatic hydroxyl groups is 1. The number of hydrogen-bond acceptors (Lipinski definition) is 3. The molecule has 0 aromatic heterocycles. The number of amides is 1. The molecular weight excluding hydrogens is 158 g/mol. The zero-order chi connectivity index (χ0) is 9.19. The molecule has 12 heavy (non-hydrogen) atoms. The van der Waals surface area contributed by atoms with E-state index in [0.29, 0.717) is 19.8 Å². The zero-order valence-electron chi connectivity index (χ0n) is 7.46. The van der Waals surface area contributed by atoms with Crippen molar-refractivity contribution in [2.45, 2.75) is 19.4 Å². The molecule has 4 heteroatoms. The van der Waals surface area contributed by atoms with Gasteiger partial charge in [0.1, 0.15) is 5.60 Å². The van der Waals surface area contributed by atoms with Crippen LogP contribution >= 0.6 is 0 Å². The van der Waals surface area contributed by atoms with Crippen LogP contribution in [0.2, 0.25) is 0 Å². The highest BCUT2D eigenvalue weighted by Gasteiger charge is 2.36. The monoisotopic (exact) mass is 173 g/mol. The lowest BCUT2D eigenvalue weighted by Crippen LogP contribution is -2.57. The van der Waals surface area contributed by atoms with E-state index in [-0.39, 0.29) is 11.8 Å². The second-order valence-corrected chi connectivity index (χ2v) is 3.59. The van der Waals surface area contributed by atoms with Crippen LogP contribution < -0.4 is 5.32 Å². The largest absolute Gasteiger partial charge is 0.383 e. The second kappa shape index (κ2) is 3.41. The first kappa shape index (κ1) is 9.48. The summed E-state index contributed by atoms with van der Waals surface area (Å²) in [5.74, 6) is -0.0649. The zero-order valence-corrected chi connectivity index (χ0v) is 7.46. The number of rotatable bonds is 3. The van der Waals surface area contributed by atoms with Crippen molar-refractivity contribution in [1.82, 2.24) is 5.32 Å². The molecule has 0 saturated carbocycles. The maximum Gasteiger partial charge on any atom is 0.222 e. The molecule has 70 valence electrons. The molecule has 0 radical (unpaired) electrons. The lowest BCUT2D eigenvalue weighted by atomic mass is 10.0. The van der Waals surface area contributed by atoms with Gasteiger partial charge in [0, 0.05) is 5.92 Å². The highest BCUT2D eigenvalue weighted by molar-refractivity contribution is 5.77. The van der Waals surface area contributed by atoms with Crippen molar-refractivity contribution < 1.29 is 14.6 Å². The van der Waals surface area contributed by atoms with E-state index < -0.39 is 5.60 Å². The summed E-state index contributed by atoms with van der Waals surface area (Å²) in [6.07, 6.45) is 0. The van der Waals surface area contributed by atoms with Gasteiger partial charge in [-0.2, -0.15) is 0 Å². The maximum absolute atomic E-state index is 11.1. The molecule has 0 aliphatic carbocycles. The van der Waals surface area contributed by atoms with Crippen LogP contribution in [0.3, 0.4) is 0 Å². The average Bonchev–Trinajstić information content (AvgIpc) is 1.96. The molecule has 0 aromatic rings. The van der Waals surface area contributed by atoms with Crippen molar-refractivity contribution in [3.05, 3.63) is 0 Å². The Hall–Kier alpha value is -0.610. The molecule has 1 fully saturated rings. The molecule has 4 nitrogen and oxygen atoms in total. The van der Waals surface area contributed by atoms with Gasteiger partial charge in [0.05, 0.1) is 19.8 Å². The summed E-state index contributed by atoms with van der Waals surface area (Å²) in [5.41, 5.74) is -0.815. The van der Waals surface area contributed by atoms with E-state index in [1.54, 1.807) is 0 Å². The molecular formula is C8H15NO3. The minimum Gasteiger partial charge on any atom is -0.383 e. The van der Waals surface area contributed by atoms with Crippen LogP contribution in [-0.4, -0.2) is 36.4 Å². The molecule has 1 amide bonds. The Kier molecular flexibility index (Phi) is 2.69. The van der Waals surface area contributed by atoms with Gasteiger partial charge >= 0.3 is 0 Å². The molecule has 0 bridgehead atoms. The molecule has 0 aromatic carbocycles. The summed E-state index contributed by atoms with van der Waals surface area (Å²) in [6, 6.07) is 0. The molecule has 1 aliphatic rings. The molecule has 0 atom stereocenters. The molecule has 1 saturated heterocycles. The van der Waals surface area contributed by atoms with Crippen LogP contribution in [0.5, 0.6) is 0 Å². The van der Waals surface area contributed by atoms with Crippen molar-refractivity contribution in [3.63, 3.8) is 0 Å². The van der Waals surface area contributed by atoms with Crippen molar-refractivity contribution in [1.29, 1.82) is 0 Å². The van der Waals surface area contributed by atoms with Crippen LogP contribution in [0.4, 0.5) is 0 Å². The fourth-order valence-electron chi connectivity index (χ4n) is 0.896. The summed E-state index contributed by atoms with van der Waals surface area (Å²) in [7, 11) is 0. The summed E-state index contributed by atoms with van der Waals surface area (Å²) >= 11 is 0. The van der Waals surface area contributed by atoms with Gasteiger partial charge in [-0.3, -0.25) is 4.79 Å². The fourth-order valence-corrected chi connectivity index (χ4v) is 0.896. The van der Waals surface area contributed by atoms with Gasteiger partial charge in [0.25, 0.3) is 0 Å². The number of ether oxygens (including phenoxy) is 1. The van der Waals surface area contributed by atoms with Crippen LogP contribution in [-0.2, 0) is 9.53 Å². The van der Waals surface area contributed by atoms with Crippen molar-refractivity contribution in [2.24, 2.45) is 5.92 Å². The third-order valence-corrected chi connectivity index (χ3v) is 1.86. The third kappa shape index (κ3) is 2.19. The summed E-state index contributed by atoms with van der Waals surface area (Å²) in [4.78, 5) is 11.1. The van der Waals surface area contributed by atoms with Gasteiger partial charge in [0.2, 0.25) is 5.91 Å². The molecule has 2 N–H and O–H groups in total. The van der Waals surface area contributed by atoms with E-state index >= 15 is 0 Å². The quantitative estimate of drug-likeness (QED) is 0.606. The lowest BCUT2D eigenvalue weighted by Gasteiger charge is -2.36. The van der Waals surface area contributed by atoms with E-state index in [9.17, 15) is 9.90 Å². The molecule has 1 rings (SSSR count). The standard InChI is InChI=1S/C8H15NO3/c1-6(2)7(10)9-3-8(11)4-12-5-8/h6,11H,3-5H2,1-2H3,(H,9,10).